The number of anilines is 1. The van der Waals surface area contributed by atoms with E-state index in [1.54, 1.807) is 24.3 Å². The Morgan fingerprint density at radius 1 is 1.30 bits per heavy atom. The van der Waals surface area contributed by atoms with Crippen LogP contribution in [0.25, 0.3) is 0 Å². The summed E-state index contributed by atoms with van der Waals surface area (Å²) in [5.41, 5.74) is 7.76. The van der Waals surface area contributed by atoms with Crippen LogP contribution >= 0.6 is 27.5 Å². The van der Waals surface area contributed by atoms with E-state index in [2.05, 4.69) is 15.9 Å². The highest BCUT2D eigenvalue weighted by Crippen LogP contribution is 2.31. The van der Waals surface area contributed by atoms with Crippen molar-refractivity contribution in [3.8, 4) is 5.75 Å². The fourth-order valence-corrected chi connectivity index (χ4v) is 2.37. The molecule has 2 aromatic rings. The Hall–Kier alpha value is -1.52. The summed E-state index contributed by atoms with van der Waals surface area (Å²) < 4.78 is 6.45. The lowest BCUT2D eigenvalue weighted by atomic mass is 10.1. The maximum atomic E-state index is 11.7. The zero-order valence-electron chi connectivity index (χ0n) is 10.8. The number of carbonyl (C=O) groups excluding carboxylic acids is 1. The molecule has 5 heteroatoms. The Labute approximate surface area is 130 Å². The molecule has 0 aliphatic rings. The molecule has 0 amide bonds. The molecule has 0 saturated carbocycles. The van der Waals surface area contributed by atoms with Gasteiger partial charge in [0.05, 0.1) is 11.3 Å². The molecule has 20 heavy (non-hydrogen) atoms. The van der Waals surface area contributed by atoms with E-state index in [-0.39, 0.29) is 5.78 Å². The summed E-state index contributed by atoms with van der Waals surface area (Å²) in [7, 11) is 0. The molecule has 104 valence electrons. The predicted octanol–water partition coefficient (Wildman–Crippen LogP) is 4.47. The van der Waals surface area contributed by atoms with Gasteiger partial charge in [0.1, 0.15) is 6.61 Å². The first-order valence-corrected chi connectivity index (χ1v) is 7.11. The van der Waals surface area contributed by atoms with Crippen molar-refractivity contribution in [2.75, 3.05) is 5.73 Å². The Bertz CT molecular complexity index is 641. The van der Waals surface area contributed by atoms with E-state index in [4.69, 9.17) is 22.1 Å². The second-order valence-corrected chi connectivity index (χ2v) is 5.70. The summed E-state index contributed by atoms with van der Waals surface area (Å²) in [4.78, 5) is 11.7. The molecule has 0 unspecified atom stereocenters. The molecule has 0 atom stereocenters. The fraction of sp³-hybridized carbons (Fsp3) is 0.133. The molecular weight excluding hydrogens is 342 g/mol. The summed E-state index contributed by atoms with van der Waals surface area (Å²) >= 11 is 9.14. The molecule has 0 saturated heterocycles. The molecule has 0 heterocycles. The highest BCUT2D eigenvalue weighted by molar-refractivity contribution is 9.10. The average Bonchev–Trinajstić information content (AvgIpc) is 2.38. The number of halogens is 2. The molecule has 0 aromatic heterocycles. The zero-order chi connectivity index (χ0) is 14.7. The molecule has 0 spiro atoms. The topological polar surface area (TPSA) is 52.3 Å². The minimum absolute atomic E-state index is 0.0934. The zero-order valence-corrected chi connectivity index (χ0v) is 13.2. The molecule has 0 radical (unpaired) electrons. The summed E-state index contributed by atoms with van der Waals surface area (Å²) in [5.74, 6) is 0.319. The number of ether oxygens (including phenoxy) is 1. The quantitative estimate of drug-likeness (QED) is 0.651. The minimum Gasteiger partial charge on any atom is -0.486 e. The fourth-order valence-electron chi connectivity index (χ4n) is 1.77. The first-order chi connectivity index (χ1) is 9.47. The number of ketones is 1. The SMILES string of the molecule is CC(=O)c1cc(Br)cc(N)c1OCc1ccc(Cl)cc1. The van der Waals surface area contributed by atoms with Crippen molar-refractivity contribution < 1.29 is 9.53 Å². The number of Topliss-reactive ketones (excluding diaryl/α,β-unsaturated/α-hetero) is 1. The first kappa shape index (κ1) is 14.9. The number of hydrogen-bond acceptors (Lipinski definition) is 3. The van der Waals surface area contributed by atoms with Gasteiger partial charge in [0, 0.05) is 9.50 Å². The Morgan fingerprint density at radius 3 is 2.55 bits per heavy atom. The van der Waals surface area contributed by atoms with Crippen LogP contribution < -0.4 is 10.5 Å². The molecule has 3 nitrogen and oxygen atoms in total. The molecular formula is C15H13BrClNO2. The lowest BCUT2D eigenvalue weighted by Gasteiger charge is -2.13. The van der Waals surface area contributed by atoms with Gasteiger partial charge in [-0.3, -0.25) is 4.79 Å². The summed E-state index contributed by atoms with van der Waals surface area (Å²) in [6.07, 6.45) is 0. The van der Waals surface area contributed by atoms with Crippen molar-refractivity contribution >= 4 is 39.0 Å². The van der Waals surface area contributed by atoms with Crippen molar-refractivity contribution in [2.24, 2.45) is 0 Å². The van der Waals surface area contributed by atoms with E-state index >= 15 is 0 Å². The van der Waals surface area contributed by atoms with E-state index < -0.39 is 0 Å². The van der Waals surface area contributed by atoms with Crippen LogP contribution in [0.4, 0.5) is 5.69 Å². The summed E-state index contributed by atoms with van der Waals surface area (Å²) in [6.45, 7) is 1.81. The number of benzene rings is 2. The van der Waals surface area contributed by atoms with Crippen molar-refractivity contribution in [1.29, 1.82) is 0 Å². The van der Waals surface area contributed by atoms with Crippen molar-refractivity contribution in [3.63, 3.8) is 0 Å². The van der Waals surface area contributed by atoms with Crippen LogP contribution in [0.1, 0.15) is 22.8 Å². The van der Waals surface area contributed by atoms with Crippen LogP contribution in [0.5, 0.6) is 5.75 Å². The molecule has 2 aromatic carbocycles. The summed E-state index contributed by atoms with van der Waals surface area (Å²) in [6, 6.07) is 10.7. The Morgan fingerprint density at radius 2 is 1.95 bits per heavy atom. The highest BCUT2D eigenvalue weighted by Gasteiger charge is 2.13. The van der Waals surface area contributed by atoms with Gasteiger partial charge < -0.3 is 10.5 Å². The molecule has 0 aliphatic carbocycles. The third-order valence-electron chi connectivity index (χ3n) is 2.76. The number of hydrogen-bond donors (Lipinski definition) is 1. The normalized spacial score (nSPS) is 10.3. The average molecular weight is 355 g/mol. The van der Waals surface area contributed by atoms with Gasteiger partial charge in [-0.15, -0.1) is 0 Å². The van der Waals surface area contributed by atoms with Crippen LogP contribution in [0.2, 0.25) is 5.02 Å². The van der Waals surface area contributed by atoms with Gasteiger partial charge in [-0.25, -0.2) is 0 Å². The lowest BCUT2D eigenvalue weighted by molar-refractivity contribution is 0.101. The third kappa shape index (κ3) is 3.52. The predicted molar refractivity (Wildman–Crippen MR) is 84.3 cm³/mol. The Balaban J connectivity index is 2.24. The van der Waals surface area contributed by atoms with Crippen LogP contribution in [0.15, 0.2) is 40.9 Å². The van der Waals surface area contributed by atoms with E-state index in [1.807, 2.05) is 12.1 Å². The smallest absolute Gasteiger partial charge is 0.163 e. The van der Waals surface area contributed by atoms with Crippen LogP contribution in [-0.2, 0) is 6.61 Å². The van der Waals surface area contributed by atoms with Crippen molar-refractivity contribution in [3.05, 3.63) is 57.0 Å². The van der Waals surface area contributed by atoms with Crippen molar-refractivity contribution in [2.45, 2.75) is 13.5 Å². The van der Waals surface area contributed by atoms with Gasteiger partial charge in [0.2, 0.25) is 0 Å². The molecule has 0 aliphatic heterocycles. The third-order valence-corrected chi connectivity index (χ3v) is 3.47. The number of rotatable bonds is 4. The second kappa shape index (κ2) is 6.29. The van der Waals surface area contributed by atoms with Crippen LogP contribution in [0, 0.1) is 0 Å². The minimum atomic E-state index is -0.0934. The van der Waals surface area contributed by atoms with Gasteiger partial charge in [0.25, 0.3) is 0 Å². The van der Waals surface area contributed by atoms with Gasteiger partial charge in [-0.2, -0.15) is 0 Å². The van der Waals surface area contributed by atoms with Gasteiger partial charge in [0.15, 0.2) is 11.5 Å². The Kier molecular flexibility index (Phi) is 4.68. The van der Waals surface area contributed by atoms with Crippen LogP contribution in [0.3, 0.4) is 0 Å². The van der Waals surface area contributed by atoms with E-state index in [0.29, 0.717) is 28.6 Å². The first-order valence-electron chi connectivity index (χ1n) is 5.94. The van der Waals surface area contributed by atoms with Crippen molar-refractivity contribution in [1.82, 2.24) is 0 Å². The maximum Gasteiger partial charge on any atom is 0.163 e. The number of carbonyl (C=O) groups is 1. The monoisotopic (exact) mass is 353 g/mol. The van der Waals surface area contributed by atoms with E-state index in [9.17, 15) is 4.79 Å². The molecule has 2 N–H and O–H groups in total. The largest absolute Gasteiger partial charge is 0.486 e. The second-order valence-electron chi connectivity index (χ2n) is 4.34. The highest BCUT2D eigenvalue weighted by atomic mass is 79.9. The standard InChI is InChI=1S/C15H13BrClNO2/c1-9(19)13-6-11(16)7-14(18)15(13)20-8-10-2-4-12(17)5-3-10/h2-7H,8,18H2,1H3. The molecule has 0 fully saturated rings. The summed E-state index contributed by atoms with van der Waals surface area (Å²) in [5, 5.41) is 0.668. The number of nitrogens with two attached hydrogens (primary N) is 1. The van der Waals surface area contributed by atoms with E-state index in [1.165, 1.54) is 6.92 Å². The number of nitrogen functional groups attached to an aromatic ring is 1. The van der Waals surface area contributed by atoms with Gasteiger partial charge in [-0.1, -0.05) is 39.7 Å². The lowest BCUT2D eigenvalue weighted by Crippen LogP contribution is -2.05. The van der Waals surface area contributed by atoms with E-state index in [0.717, 1.165) is 10.0 Å². The van der Waals surface area contributed by atoms with Gasteiger partial charge >= 0.3 is 0 Å². The van der Waals surface area contributed by atoms with Gasteiger partial charge in [-0.05, 0) is 36.8 Å². The van der Waals surface area contributed by atoms with Crippen LogP contribution in [-0.4, -0.2) is 5.78 Å². The maximum absolute atomic E-state index is 11.7. The molecule has 2 rings (SSSR count). The molecule has 0 bridgehead atoms.